The van der Waals surface area contributed by atoms with E-state index in [1.165, 1.54) is 17.4 Å². The van der Waals surface area contributed by atoms with Crippen molar-refractivity contribution in [2.24, 2.45) is 0 Å². The van der Waals surface area contributed by atoms with Crippen LogP contribution in [-0.4, -0.2) is 10.9 Å². The number of thiazole rings is 1. The monoisotopic (exact) mass is 310 g/mol. The van der Waals surface area contributed by atoms with Crippen LogP contribution in [0.5, 0.6) is 0 Å². The molecule has 0 aliphatic rings. The molecule has 1 aromatic carbocycles. The number of hydrogen-bond donors (Lipinski definition) is 1. The van der Waals surface area contributed by atoms with Crippen molar-refractivity contribution in [2.45, 2.75) is 32.6 Å². The van der Waals surface area contributed by atoms with Crippen LogP contribution in [0.1, 0.15) is 36.9 Å². The number of hydrogen-bond acceptors (Lipinski definition) is 3. The van der Waals surface area contributed by atoms with E-state index in [-0.39, 0.29) is 18.0 Å². The minimum Gasteiger partial charge on any atom is -0.324 e. The average Bonchev–Trinajstić information content (AvgIpc) is 2.89. The smallest absolute Gasteiger partial charge is 0.224 e. The number of carbonyl (C=O) groups excluding carboxylic acids is 1. The molecule has 2 rings (SSSR count). The maximum Gasteiger partial charge on any atom is 0.224 e. The van der Waals surface area contributed by atoms with Gasteiger partial charge in [0.25, 0.3) is 0 Å². The number of carbonyl (C=O) groups is 1. The topological polar surface area (TPSA) is 42.0 Å². The van der Waals surface area contributed by atoms with Crippen LogP contribution in [0.2, 0.25) is 0 Å². The summed E-state index contributed by atoms with van der Waals surface area (Å²) >= 11 is 1.52. The number of aryl methyl sites for hydroxylation is 1. The summed E-state index contributed by atoms with van der Waals surface area (Å²) in [7, 11) is 0. The minimum atomic E-state index is -0.778. The van der Waals surface area contributed by atoms with Crippen LogP contribution in [0.25, 0.3) is 0 Å². The van der Waals surface area contributed by atoms with Gasteiger partial charge in [-0.25, -0.2) is 13.8 Å². The first kappa shape index (κ1) is 15.6. The molecule has 0 spiro atoms. The van der Waals surface area contributed by atoms with Crippen molar-refractivity contribution in [1.29, 1.82) is 0 Å². The Morgan fingerprint density at radius 3 is 2.76 bits per heavy atom. The van der Waals surface area contributed by atoms with Crippen LogP contribution in [0, 0.1) is 11.6 Å². The van der Waals surface area contributed by atoms with Crippen molar-refractivity contribution < 1.29 is 13.6 Å². The standard InChI is InChI=1S/C15H16F2N2OS/c1-9(2)13-8-21-15(19-13)6-5-14(20)18-12-4-3-10(16)7-11(12)17/h3-4,7-9H,5-6H2,1-2H3,(H,18,20). The molecule has 0 bridgehead atoms. The Hall–Kier alpha value is -1.82. The number of amides is 1. The van der Waals surface area contributed by atoms with E-state index in [2.05, 4.69) is 24.1 Å². The molecule has 1 aromatic heterocycles. The van der Waals surface area contributed by atoms with Crippen molar-refractivity contribution in [3.63, 3.8) is 0 Å². The Morgan fingerprint density at radius 1 is 1.38 bits per heavy atom. The van der Waals surface area contributed by atoms with Gasteiger partial charge < -0.3 is 5.32 Å². The molecule has 0 saturated carbocycles. The molecule has 3 nitrogen and oxygen atoms in total. The average molecular weight is 310 g/mol. The molecule has 21 heavy (non-hydrogen) atoms. The van der Waals surface area contributed by atoms with E-state index in [9.17, 15) is 13.6 Å². The molecule has 6 heteroatoms. The summed E-state index contributed by atoms with van der Waals surface area (Å²) in [5.41, 5.74) is 1.00. The van der Waals surface area contributed by atoms with Crippen LogP contribution < -0.4 is 5.32 Å². The van der Waals surface area contributed by atoms with E-state index in [4.69, 9.17) is 0 Å². The summed E-state index contributed by atoms with van der Waals surface area (Å²) in [6.07, 6.45) is 0.716. The number of nitrogens with one attached hydrogen (secondary N) is 1. The van der Waals surface area contributed by atoms with Crippen LogP contribution in [-0.2, 0) is 11.2 Å². The lowest BCUT2D eigenvalue weighted by molar-refractivity contribution is -0.116. The minimum absolute atomic E-state index is 0.0107. The number of anilines is 1. The Balaban J connectivity index is 1.89. The Labute approximate surface area is 126 Å². The van der Waals surface area contributed by atoms with Gasteiger partial charge in [-0.3, -0.25) is 4.79 Å². The normalized spacial score (nSPS) is 10.9. The summed E-state index contributed by atoms with van der Waals surface area (Å²) in [5, 5.41) is 5.30. The number of halogens is 2. The predicted octanol–water partition coefficient (Wildman–Crippen LogP) is 4.12. The first-order valence-electron chi connectivity index (χ1n) is 6.65. The van der Waals surface area contributed by atoms with Gasteiger partial charge in [0.05, 0.1) is 16.4 Å². The highest BCUT2D eigenvalue weighted by atomic mass is 32.1. The van der Waals surface area contributed by atoms with Crippen molar-refractivity contribution in [3.8, 4) is 0 Å². The van der Waals surface area contributed by atoms with E-state index in [1.54, 1.807) is 0 Å². The maximum atomic E-state index is 13.4. The largest absolute Gasteiger partial charge is 0.324 e. The summed E-state index contributed by atoms with van der Waals surface area (Å²) in [4.78, 5) is 16.2. The van der Waals surface area contributed by atoms with Crippen LogP contribution in [0.15, 0.2) is 23.6 Å². The molecule has 0 atom stereocenters. The number of aromatic nitrogens is 1. The molecule has 0 fully saturated rings. The van der Waals surface area contributed by atoms with Crippen molar-refractivity contribution in [3.05, 3.63) is 45.9 Å². The van der Waals surface area contributed by atoms with Gasteiger partial charge >= 0.3 is 0 Å². The molecule has 0 radical (unpaired) electrons. The summed E-state index contributed by atoms with van der Waals surface area (Å²) in [6, 6.07) is 3.06. The zero-order valence-electron chi connectivity index (χ0n) is 11.8. The summed E-state index contributed by atoms with van der Waals surface area (Å²) < 4.78 is 26.2. The lowest BCUT2D eigenvalue weighted by atomic mass is 10.2. The predicted molar refractivity (Wildman–Crippen MR) is 79.5 cm³/mol. The molecule has 0 aliphatic heterocycles. The van der Waals surface area contributed by atoms with Gasteiger partial charge in [-0.2, -0.15) is 0 Å². The molecule has 1 N–H and O–H groups in total. The number of nitrogens with zero attached hydrogens (tertiary/aromatic N) is 1. The SMILES string of the molecule is CC(C)c1csc(CCC(=O)Nc2ccc(F)cc2F)n1. The van der Waals surface area contributed by atoms with E-state index < -0.39 is 11.6 Å². The van der Waals surface area contributed by atoms with E-state index >= 15 is 0 Å². The Bertz CT molecular complexity index is 640. The van der Waals surface area contributed by atoms with Gasteiger partial charge in [0.1, 0.15) is 11.6 Å². The van der Waals surface area contributed by atoms with Crippen molar-refractivity contribution in [2.75, 3.05) is 5.32 Å². The second kappa shape index (κ2) is 6.76. The van der Waals surface area contributed by atoms with Crippen molar-refractivity contribution >= 4 is 22.9 Å². The lowest BCUT2D eigenvalue weighted by Crippen LogP contribution is -2.13. The molecular weight excluding hydrogens is 294 g/mol. The van der Waals surface area contributed by atoms with Gasteiger partial charge in [-0.05, 0) is 18.1 Å². The fraction of sp³-hybridized carbons (Fsp3) is 0.333. The highest BCUT2D eigenvalue weighted by Gasteiger charge is 2.10. The van der Waals surface area contributed by atoms with Gasteiger partial charge in [0.15, 0.2) is 0 Å². The first-order chi connectivity index (χ1) is 9.95. The van der Waals surface area contributed by atoms with E-state index in [0.717, 1.165) is 22.8 Å². The fourth-order valence-corrected chi connectivity index (χ4v) is 2.69. The molecule has 0 unspecified atom stereocenters. The number of benzene rings is 1. The maximum absolute atomic E-state index is 13.4. The fourth-order valence-electron chi connectivity index (χ4n) is 1.73. The summed E-state index contributed by atoms with van der Waals surface area (Å²) in [6.45, 7) is 4.12. The third-order valence-electron chi connectivity index (χ3n) is 2.93. The van der Waals surface area contributed by atoms with Gasteiger partial charge in [0.2, 0.25) is 5.91 Å². The second-order valence-corrected chi connectivity index (χ2v) is 5.94. The third-order valence-corrected chi connectivity index (χ3v) is 3.86. The molecule has 1 heterocycles. The van der Waals surface area contributed by atoms with Gasteiger partial charge in [-0.15, -0.1) is 11.3 Å². The third kappa shape index (κ3) is 4.32. The number of rotatable bonds is 5. The Kier molecular flexibility index (Phi) is 5.01. The van der Waals surface area contributed by atoms with E-state index in [0.29, 0.717) is 12.3 Å². The van der Waals surface area contributed by atoms with Crippen LogP contribution in [0.4, 0.5) is 14.5 Å². The highest BCUT2D eigenvalue weighted by Crippen LogP contribution is 2.19. The molecule has 1 amide bonds. The highest BCUT2D eigenvalue weighted by molar-refractivity contribution is 7.09. The first-order valence-corrected chi connectivity index (χ1v) is 7.53. The Morgan fingerprint density at radius 2 is 2.14 bits per heavy atom. The lowest BCUT2D eigenvalue weighted by Gasteiger charge is -2.05. The summed E-state index contributed by atoms with van der Waals surface area (Å²) in [5.74, 6) is -1.41. The molecule has 0 saturated heterocycles. The second-order valence-electron chi connectivity index (χ2n) is 4.99. The molecular formula is C15H16F2N2OS. The molecule has 112 valence electrons. The molecule has 2 aromatic rings. The van der Waals surface area contributed by atoms with Crippen LogP contribution in [0.3, 0.4) is 0 Å². The zero-order chi connectivity index (χ0) is 15.4. The quantitative estimate of drug-likeness (QED) is 0.902. The van der Waals surface area contributed by atoms with Crippen molar-refractivity contribution in [1.82, 2.24) is 4.98 Å². The molecule has 0 aliphatic carbocycles. The van der Waals surface area contributed by atoms with Crippen LogP contribution >= 0.6 is 11.3 Å². The van der Waals surface area contributed by atoms with E-state index in [1.807, 2.05) is 5.38 Å². The van der Waals surface area contributed by atoms with Gasteiger partial charge in [-0.1, -0.05) is 13.8 Å². The zero-order valence-corrected chi connectivity index (χ0v) is 12.6. The van der Waals surface area contributed by atoms with Gasteiger partial charge in [0, 0.05) is 24.3 Å².